The van der Waals surface area contributed by atoms with Gasteiger partial charge in [-0.2, -0.15) is 0 Å². The van der Waals surface area contributed by atoms with Gasteiger partial charge in [0.1, 0.15) is 0 Å². The van der Waals surface area contributed by atoms with Gasteiger partial charge in [0, 0.05) is 18.3 Å². The molecule has 4 nitrogen and oxygen atoms in total. The van der Waals surface area contributed by atoms with Gasteiger partial charge in [-0.25, -0.2) is 4.39 Å². The molecule has 0 saturated heterocycles. The SMILES string of the molecule is Oc1ccc(CNc2ccc(O)c(F)c2)cc1O. The topological polar surface area (TPSA) is 72.7 Å². The zero-order chi connectivity index (χ0) is 13.1. The van der Waals surface area contributed by atoms with Gasteiger partial charge in [0.05, 0.1) is 0 Å². The molecule has 0 amide bonds. The third-order valence-electron chi connectivity index (χ3n) is 2.48. The molecule has 0 saturated carbocycles. The molecule has 4 N–H and O–H groups in total. The van der Waals surface area contributed by atoms with Gasteiger partial charge in [0.25, 0.3) is 0 Å². The van der Waals surface area contributed by atoms with Crippen LogP contribution >= 0.6 is 0 Å². The average Bonchev–Trinajstić information content (AvgIpc) is 2.35. The van der Waals surface area contributed by atoms with Crippen molar-refractivity contribution in [3.05, 3.63) is 47.8 Å². The zero-order valence-corrected chi connectivity index (χ0v) is 9.39. The maximum Gasteiger partial charge on any atom is 0.166 e. The van der Waals surface area contributed by atoms with E-state index in [0.717, 1.165) is 5.56 Å². The second-order valence-corrected chi connectivity index (χ2v) is 3.84. The minimum absolute atomic E-state index is 0.186. The van der Waals surface area contributed by atoms with E-state index in [1.54, 1.807) is 12.1 Å². The maximum absolute atomic E-state index is 13.1. The van der Waals surface area contributed by atoms with Gasteiger partial charge < -0.3 is 20.6 Å². The van der Waals surface area contributed by atoms with Crippen LogP contribution in [-0.4, -0.2) is 15.3 Å². The molecule has 2 aromatic rings. The van der Waals surface area contributed by atoms with E-state index in [4.69, 9.17) is 10.2 Å². The van der Waals surface area contributed by atoms with Crippen LogP contribution in [0.3, 0.4) is 0 Å². The van der Waals surface area contributed by atoms with Gasteiger partial charge >= 0.3 is 0 Å². The summed E-state index contributed by atoms with van der Waals surface area (Å²) in [6.45, 7) is 0.359. The Bertz CT molecular complexity index is 521. The molecule has 0 unspecified atom stereocenters. The van der Waals surface area contributed by atoms with Crippen molar-refractivity contribution in [3.8, 4) is 17.2 Å². The number of rotatable bonds is 3. The highest BCUT2D eigenvalue weighted by atomic mass is 19.1. The van der Waals surface area contributed by atoms with Gasteiger partial charge in [-0.1, -0.05) is 6.07 Å². The first-order valence-electron chi connectivity index (χ1n) is 5.29. The molecule has 2 rings (SSSR count). The number of halogens is 1. The van der Waals surface area contributed by atoms with E-state index in [2.05, 4.69) is 5.32 Å². The highest BCUT2D eigenvalue weighted by Crippen LogP contribution is 2.25. The lowest BCUT2D eigenvalue weighted by Crippen LogP contribution is -1.99. The smallest absolute Gasteiger partial charge is 0.166 e. The molecule has 0 aromatic heterocycles. The number of hydrogen-bond donors (Lipinski definition) is 4. The second kappa shape index (κ2) is 4.83. The predicted octanol–water partition coefficient (Wildman–Crippen LogP) is 2.55. The Labute approximate surface area is 103 Å². The van der Waals surface area contributed by atoms with Crippen LogP contribution in [-0.2, 0) is 6.54 Å². The number of phenolic OH excluding ortho intramolecular Hbond substituents is 3. The van der Waals surface area contributed by atoms with Crippen molar-refractivity contribution in [2.75, 3.05) is 5.32 Å². The molecule has 0 heterocycles. The van der Waals surface area contributed by atoms with E-state index in [9.17, 15) is 9.50 Å². The summed E-state index contributed by atoms with van der Waals surface area (Å²) in [5.41, 5.74) is 1.25. The molecule has 0 aliphatic rings. The molecular weight excluding hydrogens is 237 g/mol. The average molecular weight is 249 g/mol. The van der Waals surface area contributed by atoms with E-state index in [-0.39, 0.29) is 11.5 Å². The summed E-state index contributed by atoms with van der Waals surface area (Å²) in [5.74, 6) is -1.49. The summed E-state index contributed by atoms with van der Waals surface area (Å²) >= 11 is 0. The summed E-state index contributed by atoms with van der Waals surface area (Å²) in [5, 5.41) is 30.4. The first-order chi connectivity index (χ1) is 8.56. The molecule has 0 bridgehead atoms. The van der Waals surface area contributed by atoms with Gasteiger partial charge in [0.2, 0.25) is 0 Å². The molecule has 5 heteroatoms. The van der Waals surface area contributed by atoms with Crippen LogP contribution in [0.15, 0.2) is 36.4 Å². The Balaban J connectivity index is 2.06. The molecule has 0 spiro atoms. The minimum Gasteiger partial charge on any atom is -0.505 e. The Morgan fingerprint density at radius 3 is 2.28 bits per heavy atom. The minimum atomic E-state index is -0.700. The summed E-state index contributed by atoms with van der Waals surface area (Å²) in [6, 6.07) is 8.40. The normalized spacial score (nSPS) is 10.3. The van der Waals surface area contributed by atoms with Gasteiger partial charge in [-0.3, -0.25) is 0 Å². The Hall–Kier alpha value is -2.43. The van der Waals surface area contributed by atoms with Crippen molar-refractivity contribution in [2.45, 2.75) is 6.54 Å². The number of hydrogen-bond acceptors (Lipinski definition) is 4. The lowest BCUT2D eigenvalue weighted by molar-refractivity contribution is 0.403. The fourth-order valence-electron chi connectivity index (χ4n) is 1.50. The van der Waals surface area contributed by atoms with E-state index in [1.807, 2.05) is 0 Å². The Morgan fingerprint density at radius 1 is 0.889 bits per heavy atom. The number of aromatic hydroxyl groups is 3. The van der Waals surface area contributed by atoms with Crippen LogP contribution < -0.4 is 5.32 Å². The number of nitrogens with one attached hydrogen (secondary N) is 1. The zero-order valence-electron chi connectivity index (χ0n) is 9.39. The van der Waals surface area contributed by atoms with Crippen LogP contribution in [0, 0.1) is 5.82 Å². The van der Waals surface area contributed by atoms with Gasteiger partial charge in [-0.05, 0) is 29.8 Å². The number of benzene rings is 2. The molecule has 0 atom stereocenters. The van der Waals surface area contributed by atoms with Crippen LogP contribution in [0.5, 0.6) is 17.2 Å². The molecule has 0 aliphatic heterocycles. The fourth-order valence-corrected chi connectivity index (χ4v) is 1.50. The van der Waals surface area contributed by atoms with E-state index in [1.165, 1.54) is 24.3 Å². The van der Waals surface area contributed by atoms with Crippen molar-refractivity contribution >= 4 is 5.69 Å². The fraction of sp³-hybridized carbons (Fsp3) is 0.0769. The molecule has 0 fully saturated rings. The summed E-state index contributed by atoms with van der Waals surface area (Å²) in [7, 11) is 0. The number of phenols is 3. The van der Waals surface area contributed by atoms with Crippen LogP contribution in [0.2, 0.25) is 0 Å². The van der Waals surface area contributed by atoms with Crippen LogP contribution in [0.1, 0.15) is 5.56 Å². The quantitative estimate of drug-likeness (QED) is 0.498. The van der Waals surface area contributed by atoms with Crippen molar-refractivity contribution in [3.63, 3.8) is 0 Å². The Kier molecular flexibility index (Phi) is 3.23. The highest BCUT2D eigenvalue weighted by Gasteiger charge is 2.03. The third kappa shape index (κ3) is 2.63. The highest BCUT2D eigenvalue weighted by molar-refractivity contribution is 5.48. The lowest BCUT2D eigenvalue weighted by atomic mass is 10.2. The Morgan fingerprint density at radius 2 is 1.61 bits per heavy atom. The van der Waals surface area contributed by atoms with E-state index in [0.29, 0.717) is 12.2 Å². The number of anilines is 1. The summed E-state index contributed by atoms with van der Waals surface area (Å²) in [4.78, 5) is 0. The van der Waals surface area contributed by atoms with E-state index < -0.39 is 11.6 Å². The molecule has 2 aromatic carbocycles. The van der Waals surface area contributed by atoms with Crippen molar-refractivity contribution in [1.29, 1.82) is 0 Å². The predicted molar refractivity (Wildman–Crippen MR) is 65.2 cm³/mol. The van der Waals surface area contributed by atoms with E-state index >= 15 is 0 Å². The summed E-state index contributed by atoms with van der Waals surface area (Å²) in [6.07, 6.45) is 0. The van der Waals surface area contributed by atoms with Gasteiger partial charge in [-0.15, -0.1) is 0 Å². The van der Waals surface area contributed by atoms with Crippen molar-refractivity contribution in [1.82, 2.24) is 0 Å². The summed E-state index contributed by atoms with van der Waals surface area (Å²) < 4.78 is 13.1. The largest absolute Gasteiger partial charge is 0.505 e. The van der Waals surface area contributed by atoms with Crippen LogP contribution in [0.4, 0.5) is 10.1 Å². The third-order valence-corrected chi connectivity index (χ3v) is 2.48. The molecular formula is C13H12FNO3. The molecule has 0 radical (unpaired) electrons. The van der Waals surface area contributed by atoms with Crippen molar-refractivity contribution in [2.24, 2.45) is 0 Å². The second-order valence-electron chi connectivity index (χ2n) is 3.84. The first kappa shape index (κ1) is 12.0. The molecule has 94 valence electrons. The first-order valence-corrected chi connectivity index (χ1v) is 5.29. The molecule has 18 heavy (non-hydrogen) atoms. The lowest BCUT2D eigenvalue weighted by Gasteiger charge is -2.08. The monoisotopic (exact) mass is 249 g/mol. The van der Waals surface area contributed by atoms with Crippen molar-refractivity contribution < 1.29 is 19.7 Å². The standard InChI is InChI=1S/C13H12FNO3/c14-10-6-9(2-4-11(10)16)15-7-8-1-3-12(17)13(18)5-8/h1-6,15-18H,7H2. The van der Waals surface area contributed by atoms with Crippen LogP contribution in [0.25, 0.3) is 0 Å². The van der Waals surface area contributed by atoms with Gasteiger partial charge in [0.15, 0.2) is 23.1 Å². The maximum atomic E-state index is 13.1. The molecule has 0 aliphatic carbocycles.